The van der Waals surface area contributed by atoms with Gasteiger partial charge in [0.1, 0.15) is 0 Å². The maximum atomic E-state index is 12.4. The molecule has 0 spiro atoms. The zero-order chi connectivity index (χ0) is 14.8. The maximum Gasteiger partial charge on any atom is 0.232 e. The second kappa shape index (κ2) is 5.93. The predicted molar refractivity (Wildman–Crippen MR) is 76.5 cm³/mol. The fourth-order valence-electron chi connectivity index (χ4n) is 2.38. The molecule has 110 valence electrons. The molecule has 20 heavy (non-hydrogen) atoms. The standard InChI is InChI=1S/C14H19NO4S/c1-15(14(16)11-6-5-9-19-10-11)12-7-3-4-8-13(12)20(2,17)18/h3-4,7-8,11H,5-6,9-10H2,1-2H3. The Hall–Kier alpha value is -1.40. The van der Waals surface area contributed by atoms with Crippen molar-refractivity contribution in [3.05, 3.63) is 24.3 Å². The SMILES string of the molecule is CN(C(=O)C1CCCOC1)c1ccccc1S(C)(=O)=O. The minimum atomic E-state index is -3.37. The van der Waals surface area contributed by atoms with Crippen LogP contribution in [0.1, 0.15) is 12.8 Å². The van der Waals surface area contributed by atoms with Crippen LogP contribution in [0.15, 0.2) is 29.2 Å². The molecule has 1 saturated heterocycles. The van der Waals surface area contributed by atoms with Gasteiger partial charge in [0.15, 0.2) is 9.84 Å². The Labute approximate surface area is 119 Å². The van der Waals surface area contributed by atoms with Gasteiger partial charge in [0.25, 0.3) is 0 Å². The van der Waals surface area contributed by atoms with Crippen LogP contribution in [0.2, 0.25) is 0 Å². The van der Waals surface area contributed by atoms with Crippen molar-refractivity contribution in [2.75, 3.05) is 31.4 Å². The molecule has 1 heterocycles. The number of sulfone groups is 1. The summed E-state index contributed by atoms with van der Waals surface area (Å²) in [6.45, 7) is 1.09. The van der Waals surface area contributed by atoms with E-state index < -0.39 is 9.84 Å². The fourth-order valence-corrected chi connectivity index (χ4v) is 3.29. The first-order valence-corrected chi connectivity index (χ1v) is 8.45. The lowest BCUT2D eigenvalue weighted by Crippen LogP contribution is -2.37. The first kappa shape index (κ1) is 15.0. The molecule has 1 atom stereocenters. The molecule has 0 saturated carbocycles. The van der Waals surface area contributed by atoms with Crippen LogP contribution in [-0.4, -0.2) is 40.8 Å². The number of hydrogen-bond donors (Lipinski definition) is 0. The zero-order valence-corrected chi connectivity index (χ0v) is 12.5. The lowest BCUT2D eigenvalue weighted by molar-refractivity contribution is -0.126. The summed E-state index contributed by atoms with van der Waals surface area (Å²) >= 11 is 0. The smallest absolute Gasteiger partial charge is 0.232 e. The molecular formula is C14H19NO4S. The highest BCUT2D eigenvalue weighted by Gasteiger charge is 2.27. The van der Waals surface area contributed by atoms with Crippen molar-refractivity contribution in [1.29, 1.82) is 0 Å². The number of para-hydroxylation sites is 1. The highest BCUT2D eigenvalue weighted by molar-refractivity contribution is 7.90. The molecule has 0 aliphatic carbocycles. The Morgan fingerprint density at radius 1 is 1.35 bits per heavy atom. The molecule has 1 fully saturated rings. The number of hydrogen-bond acceptors (Lipinski definition) is 4. The van der Waals surface area contributed by atoms with Crippen LogP contribution in [0, 0.1) is 5.92 Å². The Kier molecular flexibility index (Phi) is 4.45. The minimum absolute atomic E-state index is 0.0965. The van der Waals surface area contributed by atoms with Gasteiger partial charge in [0, 0.05) is 19.9 Å². The largest absolute Gasteiger partial charge is 0.381 e. The van der Waals surface area contributed by atoms with Crippen molar-refractivity contribution in [1.82, 2.24) is 0 Å². The third kappa shape index (κ3) is 3.19. The molecule has 2 rings (SSSR count). The van der Waals surface area contributed by atoms with Gasteiger partial charge in [-0.2, -0.15) is 0 Å². The quantitative estimate of drug-likeness (QED) is 0.847. The van der Waals surface area contributed by atoms with E-state index in [0.29, 0.717) is 18.9 Å². The molecule has 1 aromatic rings. The van der Waals surface area contributed by atoms with Crippen LogP contribution in [0.25, 0.3) is 0 Å². The zero-order valence-electron chi connectivity index (χ0n) is 11.7. The average Bonchev–Trinajstić information content (AvgIpc) is 2.46. The second-order valence-corrected chi connectivity index (χ2v) is 7.04. The van der Waals surface area contributed by atoms with E-state index in [-0.39, 0.29) is 16.7 Å². The summed E-state index contributed by atoms with van der Waals surface area (Å²) in [5.74, 6) is -0.290. The summed E-state index contributed by atoms with van der Waals surface area (Å²) in [4.78, 5) is 14.0. The first-order chi connectivity index (χ1) is 9.41. The van der Waals surface area contributed by atoms with E-state index in [1.807, 2.05) is 0 Å². The van der Waals surface area contributed by atoms with E-state index >= 15 is 0 Å². The average molecular weight is 297 g/mol. The minimum Gasteiger partial charge on any atom is -0.381 e. The number of anilines is 1. The summed E-state index contributed by atoms with van der Waals surface area (Å²) in [6.07, 6.45) is 2.79. The number of benzene rings is 1. The third-order valence-electron chi connectivity index (χ3n) is 3.47. The number of carbonyl (C=O) groups excluding carboxylic acids is 1. The highest BCUT2D eigenvalue weighted by Crippen LogP contribution is 2.26. The van der Waals surface area contributed by atoms with Crippen LogP contribution in [0.5, 0.6) is 0 Å². The van der Waals surface area contributed by atoms with Crippen molar-refractivity contribution in [2.24, 2.45) is 5.92 Å². The van der Waals surface area contributed by atoms with Crippen molar-refractivity contribution in [3.63, 3.8) is 0 Å². The molecule has 0 radical (unpaired) electrons. The van der Waals surface area contributed by atoms with Gasteiger partial charge in [-0.25, -0.2) is 8.42 Å². The van der Waals surface area contributed by atoms with Crippen LogP contribution in [0.3, 0.4) is 0 Å². The van der Waals surface area contributed by atoms with E-state index in [1.54, 1.807) is 25.2 Å². The van der Waals surface area contributed by atoms with E-state index in [0.717, 1.165) is 19.1 Å². The van der Waals surface area contributed by atoms with E-state index in [1.165, 1.54) is 11.0 Å². The van der Waals surface area contributed by atoms with Crippen LogP contribution in [0.4, 0.5) is 5.69 Å². The molecule has 1 aliphatic heterocycles. The van der Waals surface area contributed by atoms with E-state index in [9.17, 15) is 13.2 Å². The summed E-state index contributed by atoms with van der Waals surface area (Å²) in [7, 11) is -1.76. The summed E-state index contributed by atoms with van der Waals surface area (Å²) in [5.41, 5.74) is 0.422. The van der Waals surface area contributed by atoms with Crippen molar-refractivity contribution in [3.8, 4) is 0 Å². The molecule has 1 aromatic carbocycles. The second-order valence-electron chi connectivity index (χ2n) is 5.05. The monoisotopic (exact) mass is 297 g/mol. The number of amides is 1. The summed E-state index contributed by atoms with van der Waals surface area (Å²) in [5, 5.41) is 0. The van der Waals surface area contributed by atoms with Crippen LogP contribution >= 0.6 is 0 Å². The molecule has 5 nitrogen and oxygen atoms in total. The van der Waals surface area contributed by atoms with Crippen molar-refractivity contribution < 1.29 is 17.9 Å². The van der Waals surface area contributed by atoms with Crippen molar-refractivity contribution >= 4 is 21.4 Å². The first-order valence-electron chi connectivity index (χ1n) is 6.55. The van der Waals surface area contributed by atoms with Gasteiger partial charge < -0.3 is 9.64 Å². The van der Waals surface area contributed by atoms with Gasteiger partial charge in [-0.3, -0.25) is 4.79 Å². The van der Waals surface area contributed by atoms with Crippen LogP contribution in [-0.2, 0) is 19.4 Å². The summed E-state index contributed by atoms with van der Waals surface area (Å²) < 4.78 is 28.9. The molecule has 0 N–H and O–H groups in total. The molecule has 1 unspecified atom stereocenters. The Bertz CT molecular complexity index is 591. The number of ether oxygens (including phenoxy) is 1. The maximum absolute atomic E-state index is 12.4. The van der Waals surface area contributed by atoms with Gasteiger partial charge in [0.05, 0.1) is 23.1 Å². The summed E-state index contributed by atoms with van der Waals surface area (Å²) in [6, 6.07) is 6.55. The van der Waals surface area contributed by atoms with Gasteiger partial charge in [0.2, 0.25) is 5.91 Å². The number of nitrogens with zero attached hydrogens (tertiary/aromatic N) is 1. The van der Waals surface area contributed by atoms with Gasteiger partial charge in [-0.1, -0.05) is 12.1 Å². The predicted octanol–water partition coefficient (Wildman–Crippen LogP) is 1.48. The van der Waals surface area contributed by atoms with E-state index in [2.05, 4.69) is 0 Å². The molecule has 6 heteroatoms. The Morgan fingerprint density at radius 3 is 2.65 bits per heavy atom. The van der Waals surface area contributed by atoms with Crippen LogP contribution < -0.4 is 4.90 Å². The topological polar surface area (TPSA) is 63.7 Å². The molecule has 0 aromatic heterocycles. The van der Waals surface area contributed by atoms with Gasteiger partial charge >= 0.3 is 0 Å². The molecule has 1 aliphatic rings. The molecule has 1 amide bonds. The molecule has 0 bridgehead atoms. The lowest BCUT2D eigenvalue weighted by atomic mass is 10.0. The molecular weight excluding hydrogens is 278 g/mol. The van der Waals surface area contributed by atoms with Crippen molar-refractivity contribution in [2.45, 2.75) is 17.7 Å². The van der Waals surface area contributed by atoms with E-state index in [4.69, 9.17) is 4.74 Å². The number of carbonyl (C=O) groups is 1. The van der Waals surface area contributed by atoms with Gasteiger partial charge in [-0.15, -0.1) is 0 Å². The lowest BCUT2D eigenvalue weighted by Gasteiger charge is -2.27. The third-order valence-corrected chi connectivity index (χ3v) is 4.61. The Morgan fingerprint density at radius 2 is 2.05 bits per heavy atom. The highest BCUT2D eigenvalue weighted by atomic mass is 32.2. The normalized spacial score (nSPS) is 19.6. The Balaban J connectivity index is 2.29. The van der Waals surface area contributed by atoms with Gasteiger partial charge in [-0.05, 0) is 25.0 Å². The fraction of sp³-hybridized carbons (Fsp3) is 0.500. The number of rotatable bonds is 3.